The normalized spacial score (nSPS) is 13.1. The van der Waals surface area contributed by atoms with E-state index in [0.29, 0.717) is 5.56 Å². The molecule has 0 fully saturated rings. The van der Waals surface area contributed by atoms with Gasteiger partial charge < -0.3 is 15.0 Å². The lowest BCUT2D eigenvalue weighted by molar-refractivity contribution is 0.102. The van der Waals surface area contributed by atoms with Crippen LogP contribution in [0.5, 0.6) is 5.75 Å². The molecule has 2 aromatic carbocycles. The van der Waals surface area contributed by atoms with Crippen LogP contribution < -0.4 is 15.0 Å². The lowest BCUT2D eigenvalue weighted by Gasteiger charge is -2.28. The molecule has 1 aliphatic rings. The lowest BCUT2D eigenvalue weighted by atomic mass is 10.1. The van der Waals surface area contributed by atoms with Crippen molar-refractivity contribution < 1.29 is 9.53 Å². The second-order valence-corrected chi connectivity index (χ2v) is 6.64. The van der Waals surface area contributed by atoms with Crippen molar-refractivity contribution in [2.45, 2.75) is 19.4 Å². The van der Waals surface area contributed by atoms with E-state index in [1.54, 1.807) is 31.4 Å². The Morgan fingerprint density at radius 3 is 2.93 bits per heavy atom. The number of ether oxygens (including phenoxy) is 1. The van der Waals surface area contributed by atoms with Gasteiger partial charge in [-0.25, -0.2) is 0 Å². The van der Waals surface area contributed by atoms with Crippen LogP contribution in [0.15, 0.2) is 54.7 Å². The molecule has 1 aliphatic heterocycles. The molecule has 6 heteroatoms. The van der Waals surface area contributed by atoms with Crippen LogP contribution in [0, 0.1) is 0 Å². The topological polar surface area (TPSA) is 70.2 Å². The number of nitrogens with zero attached hydrogens (tertiary/aromatic N) is 2. The predicted molar refractivity (Wildman–Crippen MR) is 105 cm³/mol. The van der Waals surface area contributed by atoms with Crippen LogP contribution >= 0.6 is 0 Å². The number of benzene rings is 2. The van der Waals surface area contributed by atoms with Crippen molar-refractivity contribution in [3.63, 3.8) is 0 Å². The molecule has 0 aliphatic carbocycles. The third-order valence-corrected chi connectivity index (χ3v) is 4.80. The van der Waals surface area contributed by atoms with Gasteiger partial charge in [0.1, 0.15) is 5.75 Å². The van der Waals surface area contributed by atoms with Gasteiger partial charge in [-0.3, -0.25) is 9.89 Å². The third kappa shape index (κ3) is 3.79. The maximum atomic E-state index is 12.5. The Balaban J connectivity index is 1.46. The maximum Gasteiger partial charge on any atom is 0.255 e. The zero-order chi connectivity index (χ0) is 18.6. The Morgan fingerprint density at radius 1 is 1.26 bits per heavy atom. The minimum Gasteiger partial charge on any atom is -0.497 e. The zero-order valence-electron chi connectivity index (χ0n) is 15.2. The second kappa shape index (κ2) is 7.53. The molecule has 0 saturated carbocycles. The van der Waals surface area contributed by atoms with Crippen LogP contribution in [-0.2, 0) is 13.0 Å². The molecule has 0 bridgehead atoms. The van der Waals surface area contributed by atoms with Gasteiger partial charge in [0.25, 0.3) is 5.91 Å². The molecule has 0 spiro atoms. The number of H-pyrrole nitrogens is 1. The van der Waals surface area contributed by atoms with Crippen molar-refractivity contribution in [3.05, 3.63) is 71.5 Å². The number of amides is 1. The van der Waals surface area contributed by atoms with E-state index in [4.69, 9.17) is 4.74 Å². The molecule has 0 atom stereocenters. The fourth-order valence-electron chi connectivity index (χ4n) is 3.41. The van der Waals surface area contributed by atoms with Crippen LogP contribution in [0.25, 0.3) is 0 Å². The van der Waals surface area contributed by atoms with E-state index in [0.717, 1.165) is 42.9 Å². The Hall–Kier alpha value is -3.28. The molecule has 2 heterocycles. The summed E-state index contributed by atoms with van der Waals surface area (Å²) in [4.78, 5) is 14.8. The number of methoxy groups -OCH3 is 1. The number of hydrogen-bond donors (Lipinski definition) is 2. The monoisotopic (exact) mass is 362 g/mol. The predicted octanol–water partition coefficient (Wildman–Crippen LogP) is 3.62. The van der Waals surface area contributed by atoms with E-state index >= 15 is 0 Å². The number of aromatic amines is 1. The lowest BCUT2D eigenvalue weighted by Crippen LogP contribution is -2.28. The Morgan fingerprint density at radius 2 is 2.11 bits per heavy atom. The summed E-state index contributed by atoms with van der Waals surface area (Å²) in [6, 6.07) is 15.1. The number of carbonyl (C=O) groups excluding carboxylic acids is 1. The number of nitrogens with one attached hydrogen (secondary N) is 2. The van der Waals surface area contributed by atoms with E-state index in [1.807, 2.05) is 24.4 Å². The van der Waals surface area contributed by atoms with Gasteiger partial charge in [-0.15, -0.1) is 0 Å². The zero-order valence-corrected chi connectivity index (χ0v) is 15.2. The first-order valence-electron chi connectivity index (χ1n) is 9.04. The van der Waals surface area contributed by atoms with Crippen LogP contribution in [0.4, 0.5) is 11.4 Å². The number of hydrogen-bond acceptors (Lipinski definition) is 4. The van der Waals surface area contributed by atoms with Crippen molar-refractivity contribution in [2.75, 3.05) is 23.9 Å². The van der Waals surface area contributed by atoms with Crippen LogP contribution in [0.3, 0.4) is 0 Å². The fraction of sp³-hybridized carbons (Fsp3) is 0.238. The van der Waals surface area contributed by atoms with Crippen molar-refractivity contribution in [3.8, 4) is 5.75 Å². The van der Waals surface area contributed by atoms with Gasteiger partial charge in [-0.2, -0.15) is 5.10 Å². The molecule has 27 heavy (non-hydrogen) atoms. The van der Waals surface area contributed by atoms with Crippen molar-refractivity contribution in [1.29, 1.82) is 0 Å². The van der Waals surface area contributed by atoms with E-state index in [1.165, 1.54) is 11.4 Å². The van der Waals surface area contributed by atoms with Gasteiger partial charge >= 0.3 is 0 Å². The first-order valence-corrected chi connectivity index (χ1v) is 9.04. The number of rotatable bonds is 5. The summed E-state index contributed by atoms with van der Waals surface area (Å²) in [6.07, 6.45) is 4.05. The van der Waals surface area contributed by atoms with E-state index in [2.05, 4.69) is 26.5 Å². The molecular weight excluding hydrogens is 340 g/mol. The third-order valence-electron chi connectivity index (χ3n) is 4.80. The van der Waals surface area contributed by atoms with Gasteiger partial charge in [-0.1, -0.05) is 12.1 Å². The summed E-state index contributed by atoms with van der Waals surface area (Å²) in [5.74, 6) is 0.596. The fourth-order valence-corrected chi connectivity index (χ4v) is 3.41. The number of fused-ring (bicyclic) bond motifs is 1. The number of anilines is 2. The molecule has 0 radical (unpaired) electrons. The molecule has 0 unspecified atom stereocenters. The van der Waals surface area contributed by atoms with Crippen molar-refractivity contribution in [2.24, 2.45) is 0 Å². The SMILES string of the molecule is COc1ccc(C(=O)Nc2cccc(CN3CCCc4[nH]ncc43)c2)cc1. The van der Waals surface area contributed by atoms with Gasteiger partial charge in [0, 0.05) is 24.3 Å². The Labute approximate surface area is 158 Å². The summed E-state index contributed by atoms with van der Waals surface area (Å²) in [6.45, 7) is 1.80. The van der Waals surface area contributed by atoms with Gasteiger partial charge in [0.2, 0.25) is 0 Å². The standard InChI is InChI=1S/C21H22N4O2/c1-27-18-9-7-16(8-10-18)21(26)23-17-5-2-4-15(12-17)14-25-11-3-6-19-20(25)13-22-24-19/h2,4-5,7-10,12-13H,3,6,11,14H2,1H3,(H,22,24)(H,23,26). The average Bonchev–Trinajstić information content (AvgIpc) is 3.18. The minimum atomic E-state index is -0.134. The average molecular weight is 362 g/mol. The highest BCUT2D eigenvalue weighted by Gasteiger charge is 2.18. The molecule has 2 N–H and O–H groups in total. The summed E-state index contributed by atoms with van der Waals surface area (Å²) in [5, 5.41) is 10.2. The van der Waals surface area contributed by atoms with Crippen LogP contribution in [0.1, 0.15) is 28.0 Å². The van der Waals surface area contributed by atoms with Gasteiger partial charge in [0.05, 0.1) is 24.7 Å². The molecule has 3 aromatic rings. The Bertz CT molecular complexity index is 933. The first kappa shape index (κ1) is 17.1. The van der Waals surface area contributed by atoms with Crippen LogP contribution in [-0.4, -0.2) is 29.8 Å². The van der Waals surface area contributed by atoms with Crippen molar-refractivity contribution >= 4 is 17.3 Å². The van der Waals surface area contributed by atoms with Crippen LogP contribution in [0.2, 0.25) is 0 Å². The summed E-state index contributed by atoms with van der Waals surface area (Å²) in [7, 11) is 1.61. The minimum absolute atomic E-state index is 0.134. The molecule has 1 aromatic heterocycles. The van der Waals surface area contributed by atoms with Crippen molar-refractivity contribution in [1.82, 2.24) is 10.2 Å². The molecule has 4 rings (SSSR count). The second-order valence-electron chi connectivity index (χ2n) is 6.64. The van der Waals surface area contributed by atoms with E-state index < -0.39 is 0 Å². The quantitative estimate of drug-likeness (QED) is 0.727. The molecule has 1 amide bonds. The maximum absolute atomic E-state index is 12.5. The first-order chi connectivity index (χ1) is 13.2. The summed E-state index contributed by atoms with van der Waals surface area (Å²) in [5.41, 5.74) is 4.91. The highest BCUT2D eigenvalue weighted by molar-refractivity contribution is 6.04. The van der Waals surface area contributed by atoms with Gasteiger partial charge in [0.15, 0.2) is 0 Å². The molecule has 6 nitrogen and oxygen atoms in total. The molecule has 0 saturated heterocycles. The highest BCUT2D eigenvalue weighted by atomic mass is 16.5. The molecule has 138 valence electrons. The molecular formula is C21H22N4O2. The number of aromatic nitrogens is 2. The number of carbonyl (C=O) groups is 1. The van der Waals surface area contributed by atoms with E-state index in [9.17, 15) is 4.79 Å². The van der Waals surface area contributed by atoms with Gasteiger partial charge in [-0.05, 0) is 54.8 Å². The smallest absolute Gasteiger partial charge is 0.255 e. The highest BCUT2D eigenvalue weighted by Crippen LogP contribution is 2.26. The number of aryl methyl sites for hydroxylation is 1. The van der Waals surface area contributed by atoms with E-state index in [-0.39, 0.29) is 5.91 Å². The summed E-state index contributed by atoms with van der Waals surface area (Å²) >= 11 is 0. The Kier molecular flexibility index (Phi) is 4.78. The largest absolute Gasteiger partial charge is 0.497 e. The summed E-state index contributed by atoms with van der Waals surface area (Å²) < 4.78 is 5.13.